The van der Waals surface area contributed by atoms with E-state index in [1.807, 2.05) is 22.7 Å². The Morgan fingerprint density at radius 1 is 0.690 bits per heavy atom. The van der Waals surface area contributed by atoms with Crippen LogP contribution in [0.25, 0.3) is 0 Å². The monoisotopic (exact) mass is 721 g/mol. The third kappa shape index (κ3) is 6.27. The number of benzene rings is 2. The Kier molecular flexibility index (Phi) is 10.5. The van der Waals surface area contributed by atoms with Crippen LogP contribution in [-0.2, 0) is 13.1 Å². The molecule has 1 aliphatic heterocycles. The first-order valence-electron chi connectivity index (χ1n) is 14.7. The molecule has 4 aromatic rings. The molecular weight excluding hydrogens is 680 g/mol. The molecule has 0 N–H and O–H groups in total. The summed E-state index contributed by atoms with van der Waals surface area (Å²) in [6.07, 6.45) is 2.17. The first-order chi connectivity index (χ1) is 19.9. The predicted molar refractivity (Wildman–Crippen MR) is 207 cm³/mol. The standard InChI is InChI=1S/C30H42N3P3S4Si2/c1-9-21-31-25-28(40-29(31)37)36(35(23-17-13-11-14-18-23)24-19-15-12-16-20-24)26-27(39-30(38)32(26)22-10-2)34(25)33(41(3,4)5)42(6,7)8/h11-20H,9-10,21-22H2,1-8H3. The lowest BCUT2D eigenvalue weighted by atomic mass is 10.4. The van der Waals surface area contributed by atoms with Crippen LogP contribution in [0.2, 0.25) is 39.3 Å². The second-order valence-corrected chi connectivity index (χ2v) is 34.7. The number of thiazole rings is 2. The number of nitrogens with zero attached hydrogens (tertiary/aromatic N) is 3. The van der Waals surface area contributed by atoms with E-state index in [9.17, 15) is 0 Å². The molecule has 0 fully saturated rings. The fraction of sp³-hybridized carbons (Fsp3) is 0.400. The summed E-state index contributed by atoms with van der Waals surface area (Å²) in [5.74, 6) is 0. The van der Waals surface area contributed by atoms with Crippen molar-refractivity contribution in [2.45, 2.75) is 79.1 Å². The average molecular weight is 722 g/mol. The average Bonchev–Trinajstić information content (AvgIpc) is 3.42. The van der Waals surface area contributed by atoms with Crippen molar-refractivity contribution in [2.24, 2.45) is 0 Å². The van der Waals surface area contributed by atoms with Crippen LogP contribution in [-0.4, -0.2) is 29.6 Å². The number of fused-ring (bicyclic) bond motifs is 2. The Morgan fingerprint density at radius 3 is 1.55 bits per heavy atom. The second kappa shape index (κ2) is 13.3. The van der Waals surface area contributed by atoms with Gasteiger partial charge in [-0.3, -0.25) is 0 Å². The Labute approximate surface area is 276 Å². The quantitative estimate of drug-likeness (QED) is 0.0924. The Hall–Kier alpha value is -0.176. The van der Waals surface area contributed by atoms with Crippen molar-refractivity contribution in [2.75, 3.05) is 0 Å². The molecule has 2 aromatic carbocycles. The second-order valence-electron chi connectivity index (χ2n) is 12.6. The highest BCUT2D eigenvalue weighted by Gasteiger charge is 2.50. The molecular formula is C30H42N3P3S4Si2. The van der Waals surface area contributed by atoms with Gasteiger partial charge in [-0.05, 0) is 55.5 Å². The molecule has 0 saturated carbocycles. The van der Waals surface area contributed by atoms with E-state index in [2.05, 4.69) is 127 Å². The molecule has 0 amide bonds. The number of aromatic nitrogens is 2. The van der Waals surface area contributed by atoms with Gasteiger partial charge >= 0.3 is 0 Å². The van der Waals surface area contributed by atoms with Crippen LogP contribution in [0.15, 0.2) is 60.7 Å². The number of rotatable bonds is 10. The topological polar surface area (TPSA) is 13.1 Å². The molecule has 2 unspecified atom stereocenters. The van der Waals surface area contributed by atoms with E-state index in [4.69, 9.17) is 24.4 Å². The lowest BCUT2D eigenvalue weighted by Crippen LogP contribution is -2.61. The van der Waals surface area contributed by atoms with Crippen LogP contribution in [0.1, 0.15) is 26.7 Å². The molecule has 0 saturated heterocycles. The highest BCUT2D eigenvalue weighted by molar-refractivity contribution is 8.43. The molecule has 1 aliphatic rings. The maximum Gasteiger partial charge on any atom is 0.162 e. The first-order valence-corrected chi connectivity index (χ1v) is 28.7. The van der Waals surface area contributed by atoms with Crippen LogP contribution in [0.5, 0.6) is 0 Å². The zero-order valence-electron chi connectivity index (χ0n) is 25.9. The van der Waals surface area contributed by atoms with Gasteiger partial charge in [-0.1, -0.05) is 114 Å². The van der Waals surface area contributed by atoms with Gasteiger partial charge in [0.05, 0.1) is 20.1 Å². The van der Waals surface area contributed by atoms with Crippen molar-refractivity contribution in [1.29, 1.82) is 0 Å². The molecule has 3 heterocycles. The highest BCUT2D eigenvalue weighted by atomic mass is 32.2. The first kappa shape index (κ1) is 33.2. The summed E-state index contributed by atoms with van der Waals surface area (Å²) in [7, 11) is -5.61. The largest absolute Gasteiger partial charge is 0.322 e. The summed E-state index contributed by atoms with van der Waals surface area (Å²) < 4.78 is 13.5. The Balaban J connectivity index is 1.94. The zero-order valence-corrected chi connectivity index (χ0v) is 33.9. The minimum atomic E-state index is -1.73. The normalized spacial score (nSPS) is 17.1. The summed E-state index contributed by atoms with van der Waals surface area (Å²) in [5, 5.41) is 2.89. The van der Waals surface area contributed by atoms with E-state index in [1.54, 1.807) is 20.1 Å². The fourth-order valence-electron chi connectivity index (χ4n) is 5.99. The number of hydrogen-bond acceptors (Lipinski definition) is 5. The Bertz CT molecular complexity index is 1600. The van der Waals surface area contributed by atoms with E-state index in [0.717, 1.165) is 33.8 Å². The van der Waals surface area contributed by atoms with E-state index >= 15 is 0 Å². The summed E-state index contributed by atoms with van der Waals surface area (Å²) in [6.45, 7) is 21.9. The third-order valence-electron chi connectivity index (χ3n) is 7.06. The zero-order chi connectivity index (χ0) is 30.4. The molecule has 12 heteroatoms. The van der Waals surface area contributed by atoms with Gasteiger partial charge in [0.25, 0.3) is 0 Å². The molecule has 42 heavy (non-hydrogen) atoms. The van der Waals surface area contributed by atoms with Gasteiger partial charge in [0.2, 0.25) is 0 Å². The van der Waals surface area contributed by atoms with Crippen molar-refractivity contribution in [3.8, 4) is 0 Å². The van der Waals surface area contributed by atoms with Crippen molar-refractivity contribution < 1.29 is 0 Å². The summed E-state index contributed by atoms with van der Waals surface area (Å²) in [5.41, 5.74) is 3.12. The van der Waals surface area contributed by atoms with Crippen LogP contribution < -0.4 is 30.7 Å². The minimum Gasteiger partial charge on any atom is -0.322 e. The summed E-state index contributed by atoms with van der Waals surface area (Å²) in [6, 6.07) is 22.6. The lowest BCUT2D eigenvalue weighted by Gasteiger charge is -2.50. The number of hydrogen-bond donors (Lipinski definition) is 0. The maximum atomic E-state index is 6.27. The summed E-state index contributed by atoms with van der Waals surface area (Å²) in [4.78, 5) is 0. The van der Waals surface area contributed by atoms with E-state index in [0.29, 0.717) is 0 Å². The molecule has 5 rings (SSSR count). The van der Waals surface area contributed by atoms with E-state index < -0.39 is 39.8 Å². The predicted octanol–water partition coefficient (Wildman–Crippen LogP) is 8.81. The van der Waals surface area contributed by atoms with Gasteiger partial charge in [0.1, 0.15) is 16.5 Å². The lowest BCUT2D eigenvalue weighted by molar-refractivity contribution is 0.693. The smallest absolute Gasteiger partial charge is 0.162 e. The van der Waals surface area contributed by atoms with Gasteiger partial charge in [0.15, 0.2) is 7.91 Å². The fourth-order valence-corrected chi connectivity index (χ4v) is 37.8. The maximum absolute atomic E-state index is 6.27. The van der Waals surface area contributed by atoms with Gasteiger partial charge < -0.3 is 13.1 Å². The third-order valence-corrected chi connectivity index (χ3v) is 32.7. The Morgan fingerprint density at radius 2 is 1.12 bits per heavy atom. The molecule has 224 valence electrons. The van der Waals surface area contributed by atoms with Gasteiger partial charge in [-0.2, -0.15) is 0 Å². The van der Waals surface area contributed by atoms with E-state index in [1.165, 1.54) is 10.6 Å². The van der Waals surface area contributed by atoms with Crippen molar-refractivity contribution >= 4 is 118 Å². The minimum absolute atomic E-state index is 0.689. The highest BCUT2D eigenvalue weighted by Crippen LogP contribution is 2.69. The molecule has 0 spiro atoms. The van der Waals surface area contributed by atoms with Gasteiger partial charge in [-0.15, -0.1) is 22.7 Å². The van der Waals surface area contributed by atoms with Crippen LogP contribution in [0, 0.1) is 7.91 Å². The van der Waals surface area contributed by atoms with Crippen LogP contribution >= 0.6 is 70.4 Å². The molecule has 0 radical (unpaired) electrons. The van der Waals surface area contributed by atoms with Gasteiger partial charge in [0, 0.05) is 28.8 Å². The molecule has 0 aliphatic carbocycles. The van der Waals surface area contributed by atoms with Crippen molar-refractivity contribution in [3.63, 3.8) is 0 Å². The van der Waals surface area contributed by atoms with E-state index in [-0.39, 0.29) is 0 Å². The summed E-state index contributed by atoms with van der Waals surface area (Å²) >= 11 is 16.4. The van der Waals surface area contributed by atoms with Crippen molar-refractivity contribution in [3.05, 3.63) is 68.6 Å². The molecule has 3 nitrogen and oxygen atoms in total. The van der Waals surface area contributed by atoms with Gasteiger partial charge in [-0.25, -0.2) is 0 Å². The van der Waals surface area contributed by atoms with Crippen molar-refractivity contribution in [1.82, 2.24) is 13.1 Å². The molecule has 0 bridgehead atoms. The SMILES string of the molecule is CCCn1c2c(sc1=S)P(P(c1ccccc1)c1ccccc1)c1c(sc(=S)n1CCC)P2N([Si](C)(C)C)[Si](C)(C)C. The molecule has 2 aromatic heterocycles. The van der Waals surface area contributed by atoms with Crippen LogP contribution in [0.4, 0.5) is 0 Å². The molecule has 2 atom stereocenters. The van der Waals surface area contributed by atoms with Crippen LogP contribution in [0.3, 0.4) is 0 Å².